The molecule has 2 rings (SSSR count). The van der Waals surface area contributed by atoms with Crippen molar-refractivity contribution >= 4 is 5.91 Å². The quantitative estimate of drug-likeness (QED) is 0.740. The van der Waals surface area contributed by atoms with Crippen molar-refractivity contribution in [1.29, 1.82) is 0 Å². The van der Waals surface area contributed by atoms with Crippen molar-refractivity contribution in [3.63, 3.8) is 0 Å². The maximum absolute atomic E-state index is 11.8. The normalized spacial score (nSPS) is 38.7. The molecule has 92 valence electrons. The summed E-state index contributed by atoms with van der Waals surface area (Å²) in [6, 6.07) is 0.129. The van der Waals surface area contributed by atoms with Crippen LogP contribution in [0, 0.1) is 11.8 Å². The highest BCUT2D eigenvalue weighted by molar-refractivity contribution is 5.78. The Labute approximate surface area is 96.9 Å². The molecule has 3 N–H and O–H groups in total. The number of nitrogens with two attached hydrogens (primary N) is 1. The molecule has 0 aromatic carbocycles. The Balaban J connectivity index is 1.83. The van der Waals surface area contributed by atoms with E-state index in [2.05, 4.69) is 12.2 Å². The van der Waals surface area contributed by atoms with E-state index >= 15 is 0 Å². The maximum Gasteiger partial charge on any atom is 0.223 e. The van der Waals surface area contributed by atoms with Gasteiger partial charge in [0.1, 0.15) is 0 Å². The summed E-state index contributed by atoms with van der Waals surface area (Å²) in [7, 11) is 0. The van der Waals surface area contributed by atoms with Gasteiger partial charge in [-0.2, -0.15) is 0 Å². The van der Waals surface area contributed by atoms with Gasteiger partial charge in [-0.25, -0.2) is 0 Å². The van der Waals surface area contributed by atoms with Gasteiger partial charge in [0.15, 0.2) is 0 Å². The molecular formula is C12H22N2O2. The second kappa shape index (κ2) is 4.72. The third kappa shape index (κ3) is 1.96. The summed E-state index contributed by atoms with van der Waals surface area (Å²) in [5.74, 6) is 0.667. The molecule has 2 aliphatic rings. The van der Waals surface area contributed by atoms with E-state index in [0.29, 0.717) is 5.92 Å². The fourth-order valence-corrected chi connectivity index (χ4v) is 2.80. The lowest BCUT2D eigenvalue weighted by Gasteiger charge is -2.45. The fraction of sp³-hybridized carbons (Fsp3) is 0.917. The van der Waals surface area contributed by atoms with Crippen LogP contribution < -0.4 is 11.1 Å². The summed E-state index contributed by atoms with van der Waals surface area (Å²) in [5, 5.41) is 3.03. The molecule has 0 bridgehead atoms. The number of hydrogen-bond donors (Lipinski definition) is 2. The summed E-state index contributed by atoms with van der Waals surface area (Å²) in [6.07, 6.45) is 3.19. The first kappa shape index (κ1) is 11.9. The molecule has 1 saturated carbocycles. The largest absolute Gasteiger partial charge is 0.376 e. The number of hydrogen-bond acceptors (Lipinski definition) is 3. The average Bonchev–Trinajstić information content (AvgIpc) is 2.70. The molecule has 1 saturated heterocycles. The Hall–Kier alpha value is -0.610. The molecule has 4 heteroatoms. The zero-order valence-corrected chi connectivity index (χ0v) is 10.1. The van der Waals surface area contributed by atoms with Crippen molar-refractivity contribution < 1.29 is 9.53 Å². The van der Waals surface area contributed by atoms with Gasteiger partial charge >= 0.3 is 0 Å². The molecule has 1 heterocycles. The number of carbonyl (C=O) groups excluding carboxylic acids is 1. The predicted molar refractivity (Wildman–Crippen MR) is 61.8 cm³/mol. The minimum Gasteiger partial charge on any atom is -0.376 e. The molecule has 5 unspecified atom stereocenters. The Morgan fingerprint density at radius 3 is 3.06 bits per heavy atom. The van der Waals surface area contributed by atoms with E-state index in [1.165, 1.54) is 0 Å². The summed E-state index contributed by atoms with van der Waals surface area (Å²) >= 11 is 0. The van der Waals surface area contributed by atoms with Gasteiger partial charge in [0.05, 0.1) is 12.1 Å². The highest BCUT2D eigenvalue weighted by atomic mass is 16.5. The van der Waals surface area contributed by atoms with Gasteiger partial charge in [0, 0.05) is 24.5 Å². The minimum absolute atomic E-state index is 0.0410. The lowest BCUT2D eigenvalue weighted by Crippen LogP contribution is -2.69. The van der Waals surface area contributed by atoms with Crippen LogP contribution >= 0.6 is 0 Å². The van der Waals surface area contributed by atoms with Gasteiger partial charge in [-0.1, -0.05) is 20.3 Å². The first-order valence-electron chi connectivity index (χ1n) is 6.32. The maximum atomic E-state index is 11.8. The Kier molecular flexibility index (Phi) is 3.50. The molecule has 2 fully saturated rings. The molecule has 0 radical (unpaired) electrons. The highest BCUT2D eigenvalue weighted by Crippen LogP contribution is 2.37. The van der Waals surface area contributed by atoms with Crippen LogP contribution in [-0.4, -0.2) is 30.7 Å². The smallest absolute Gasteiger partial charge is 0.223 e. The van der Waals surface area contributed by atoms with Gasteiger partial charge in [-0.3, -0.25) is 4.79 Å². The van der Waals surface area contributed by atoms with E-state index in [9.17, 15) is 4.79 Å². The van der Waals surface area contributed by atoms with Gasteiger partial charge in [-0.05, 0) is 12.8 Å². The standard InChI is InChI=1S/C12H22N2O2/c1-3-4-7(2)12(15)14-10-9(13)8-5-6-16-11(8)10/h7-11H,3-6,13H2,1-2H3,(H,14,15). The lowest BCUT2D eigenvalue weighted by atomic mass is 9.72. The van der Waals surface area contributed by atoms with Crippen molar-refractivity contribution in [2.75, 3.05) is 6.61 Å². The van der Waals surface area contributed by atoms with E-state index in [-0.39, 0.29) is 30.0 Å². The van der Waals surface area contributed by atoms with Gasteiger partial charge in [-0.15, -0.1) is 0 Å². The SMILES string of the molecule is CCCC(C)C(=O)NC1C(N)C2CCOC21. The van der Waals surface area contributed by atoms with E-state index in [4.69, 9.17) is 10.5 Å². The molecule has 0 aromatic rings. The van der Waals surface area contributed by atoms with E-state index < -0.39 is 0 Å². The van der Waals surface area contributed by atoms with E-state index in [1.54, 1.807) is 0 Å². The predicted octanol–water partition coefficient (Wildman–Crippen LogP) is 0.653. The fourth-order valence-electron chi connectivity index (χ4n) is 2.80. The summed E-state index contributed by atoms with van der Waals surface area (Å²) in [5.41, 5.74) is 6.04. The second-order valence-corrected chi connectivity index (χ2v) is 5.09. The van der Waals surface area contributed by atoms with Crippen LogP contribution in [0.15, 0.2) is 0 Å². The zero-order valence-electron chi connectivity index (χ0n) is 10.1. The van der Waals surface area contributed by atoms with Crippen LogP contribution in [0.3, 0.4) is 0 Å². The number of rotatable bonds is 4. The first-order valence-corrected chi connectivity index (χ1v) is 6.32. The molecule has 0 aromatic heterocycles. The monoisotopic (exact) mass is 226 g/mol. The number of nitrogens with one attached hydrogen (secondary N) is 1. The molecule has 1 amide bonds. The van der Waals surface area contributed by atoms with Crippen molar-refractivity contribution in [3.05, 3.63) is 0 Å². The van der Waals surface area contributed by atoms with Crippen LogP contribution in [0.5, 0.6) is 0 Å². The number of carbonyl (C=O) groups is 1. The van der Waals surface area contributed by atoms with Crippen molar-refractivity contribution in [2.24, 2.45) is 17.6 Å². The van der Waals surface area contributed by atoms with Crippen LogP contribution in [0.1, 0.15) is 33.1 Å². The van der Waals surface area contributed by atoms with E-state index in [0.717, 1.165) is 25.9 Å². The molecule has 4 nitrogen and oxygen atoms in total. The summed E-state index contributed by atoms with van der Waals surface area (Å²) in [6.45, 7) is 4.85. The lowest BCUT2D eigenvalue weighted by molar-refractivity contribution is -0.129. The molecule has 1 aliphatic carbocycles. The zero-order chi connectivity index (χ0) is 11.7. The third-order valence-electron chi connectivity index (χ3n) is 3.92. The van der Waals surface area contributed by atoms with Crippen LogP contribution in [0.2, 0.25) is 0 Å². The van der Waals surface area contributed by atoms with Crippen molar-refractivity contribution in [1.82, 2.24) is 5.32 Å². The van der Waals surface area contributed by atoms with Gasteiger partial charge in [0.2, 0.25) is 5.91 Å². The second-order valence-electron chi connectivity index (χ2n) is 5.09. The number of amides is 1. The third-order valence-corrected chi connectivity index (χ3v) is 3.92. The molecule has 16 heavy (non-hydrogen) atoms. The van der Waals surface area contributed by atoms with Crippen LogP contribution in [0.25, 0.3) is 0 Å². The molecule has 0 spiro atoms. The Bertz CT molecular complexity index is 270. The van der Waals surface area contributed by atoms with Gasteiger partial charge in [0.25, 0.3) is 0 Å². The number of fused-ring (bicyclic) bond motifs is 1. The Morgan fingerprint density at radius 1 is 1.62 bits per heavy atom. The molecular weight excluding hydrogens is 204 g/mol. The van der Waals surface area contributed by atoms with E-state index in [1.807, 2.05) is 6.92 Å². The minimum atomic E-state index is 0.0410. The van der Waals surface area contributed by atoms with Crippen LogP contribution in [0.4, 0.5) is 0 Å². The number of ether oxygens (including phenoxy) is 1. The van der Waals surface area contributed by atoms with Crippen LogP contribution in [-0.2, 0) is 9.53 Å². The average molecular weight is 226 g/mol. The summed E-state index contributed by atoms with van der Waals surface area (Å²) in [4.78, 5) is 11.8. The summed E-state index contributed by atoms with van der Waals surface area (Å²) < 4.78 is 5.58. The molecule has 5 atom stereocenters. The topological polar surface area (TPSA) is 64.4 Å². The Morgan fingerprint density at radius 2 is 2.38 bits per heavy atom. The van der Waals surface area contributed by atoms with Crippen molar-refractivity contribution in [3.8, 4) is 0 Å². The first-order chi connectivity index (χ1) is 7.65. The van der Waals surface area contributed by atoms with Crippen molar-refractivity contribution in [2.45, 2.75) is 51.3 Å². The highest BCUT2D eigenvalue weighted by Gasteiger charge is 2.52. The van der Waals surface area contributed by atoms with Gasteiger partial charge < -0.3 is 15.8 Å². The molecule has 1 aliphatic heterocycles.